The standard InChI is InChI=1S/C8H7NO.C8H17NO/c10-8-5-9-7-4-2-1-3-6(7)8;1-6(10)8(9)7-4-2-3-5-7/h1-5,9-10H;6-8,10H,2-5,9H2,1H3. The van der Waals surface area contributed by atoms with Crippen LogP contribution in [0.5, 0.6) is 5.75 Å². The summed E-state index contributed by atoms with van der Waals surface area (Å²) in [5.41, 5.74) is 6.74. The van der Waals surface area contributed by atoms with Gasteiger partial charge in [-0.25, -0.2) is 0 Å². The van der Waals surface area contributed by atoms with Gasteiger partial charge in [-0.15, -0.1) is 0 Å². The van der Waals surface area contributed by atoms with Crippen LogP contribution in [0.2, 0.25) is 0 Å². The van der Waals surface area contributed by atoms with E-state index in [0.717, 1.165) is 10.9 Å². The largest absolute Gasteiger partial charge is 0.506 e. The third kappa shape index (κ3) is 3.52. The Bertz CT molecular complexity index is 530. The number of aromatic hydroxyl groups is 1. The average Bonchev–Trinajstić information content (AvgIpc) is 3.09. The molecule has 0 radical (unpaired) electrons. The van der Waals surface area contributed by atoms with Gasteiger partial charge in [0.25, 0.3) is 0 Å². The summed E-state index contributed by atoms with van der Waals surface area (Å²) in [6, 6.07) is 7.65. The van der Waals surface area contributed by atoms with E-state index in [9.17, 15) is 5.11 Å². The van der Waals surface area contributed by atoms with E-state index in [0.29, 0.717) is 11.7 Å². The third-order valence-corrected chi connectivity index (χ3v) is 4.07. The number of nitrogens with two attached hydrogens (primary N) is 1. The second-order valence-corrected chi connectivity index (χ2v) is 5.58. The molecule has 0 spiro atoms. The maximum atomic E-state index is 9.18. The summed E-state index contributed by atoms with van der Waals surface area (Å²) in [4.78, 5) is 2.94. The molecular formula is C16H24N2O2. The molecule has 0 aliphatic heterocycles. The van der Waals surface area contributed by atoms with Gasteiger partial charge < -0.3 is 20.9 Å². The van der Waals surface area contributed by atoms with Crippen molar-refractivity contribution in [3.63, 3.8) is 0 Å². The molecule has 1 aromatic carbocycles. The van der Waals surface area contributed by atoms with E-state index in [2.05, 4.69) is 4.98 Å². The van der Waals surface area contributed by atoms with Crippen molar-refractivity contribution >= 4 is 10.9 Å². The molecular weight excluding hydrogens is 252 g/mol. The zero-order valence-electron chi connectivity index (χ0n) is 11.9. The first kappa shape index (κ1) is 14.9. The first-order chi connectivity index (χ1) is 9.59. The van der Waals surface area contributed by atoms with E-state index in [1.165, 1.54) is 25.7 Å². The summed E-state index contributed by atoms with van der Waals surface area (Å²) in [6.45, 7) is 1.78. The number of aromatic amines is 1. The number of hydrogen-bond donors (Lipinski definition) is 4. The Labute approximate surface area is 119 Å². The highest BCUT2D eigenvalue weighted by molar-refractivity contribution is 5.85. The Kier molecular flexibility index (Phi) is 5.04. The van der Waals surface area contributed by atoms with Gasteiger partial charge in [-0.1, -0.05) is 25.0 Å². The Morgan fingerprint density at radius 2 is 1.90 bits per heavy atom. The summed E-state index contributed by atoms with van der Waals surface area (Å²) in [7, 11) is 0. The minimum Gasteiger partial charge on any atom is -0.506 e. The fraction of sp³-hybridized carbons (Fsp3) is 0.500. The summed E-state index contributed by atoms with van der Waals surface area (Å²) >= 11 is 0. The number of fused-ring (bicyclic) bond motifs is 1. The van der Waals surface area contributed by atoms with Gasteiger partial charge in [0.15, 0.2) is 0 Å². The molecule has 2 aromatic rings. The number of para-hydroxylation sites is 1. The topological polar surface area (TPSA) is 82.3 Å². The molecule has 0 bridgehead atoms. The van der Waals surface area contributed by atoms with Crippen LogP contribution in [0.3, 0.4) is 0 Å². The van der Waals surface area contributed by atoms with Crippen LogP contribution in [0.4, 0.5) is 0 Å². The van der Waals surface area contributed by atoms with E-state index >= 15 is 0 Å². The van der Waals surface area contributed by atoms with Crippen LogP contribution >= 0.6 is 0 Å². The Morgan fingerprint density at radius 3 is 2.50 bits per heavy atom. The molecule has 1 aromatic heterocycles. The minimum atomic E-state index is -0.330. The van der Waals surface area contributed by atoms with Crippen LogP contribution < -0.4 is 5.73 Å². The van der Waals surface area contributed by atoms with Crippen molar-refractivity contribution in [1.82, 2.24) is 4.98 Å². The molecule has 2 atom stereocenters. The van der Waals surface area contributed by atoms with Gasteiger partial charge in [0, 0.05) is 23.1 Å². The predicted octanol–water partition coefficient (Wildman–Crippen LogP) is 2.76. The normalized spacial score (nSPS) is 18.6. The first-order valence-electron chi connectivity index (χ1n) is 7.28. The zero-order valence-corrected chi connectivity index (χ0v) is 11.9. The van der Waals surface area contributed by atoms with Crippen molar-refractivity contribution in [1.29, 1.82) is 0 Å². The van der Waals surface area contributed by atoms with Crippen molar-refractivity contribution in [2.24, 2.45) is 11.7 Å². The van der Waals surface area contributed by atoms with Crippen LogP contribution in [-0.2, 0) is 0 Å². The number of benzene rings is 1. The van der Waals surface area contributed by atoms with E-state index in [-0.39, 0.29) is 12.1 Å². The molecule has 0 amide bonds. The molecule has 4 heteroatoms. The van der Waals surface area contributed by atoms with Crippen molar-refractivity contribution in [2.45, 2.75) is 44.8 Å². The fourth-order valence-corrected chi connectivity index (χ4v) is 2.79. The van der Waals surface area contributed by atoms with Gasteiger partial charge in [-0.3, -0.25) is 0 Å². The molecule has 5 N–H and O–H groups in total. The predicted molar refractivity (Wildman–Crippen MR) is 81.6 cm³/mol. The number of nitrogens with one attached hydrogen (secondary N) is 1. The maximum Gasteiger partial charge on any atom is 0.140 e. The Hall–Kier alpha value is -1.52. The molecule has 2 unspecified atom stereocenters. The van der Waals surface area contributed by atoms with Crippen molar-refractivity contribution in [3.8, 4) is 5.75 Å². The number of aliphatic hydroxyl groups excluding tert-OH is 1. The van der Waals surface area contributed by atoms with Gasteiger partial charge in [0.05, 0.1) is 6.10 Å². The molecule has 1 fully saturated rings. The van der Waals surface area contributed by atoms with Crippen LogP contribution in [-0.4, -0.2) is 27.3 Å². The van der Waals surface area contributed by atoms with E-state index in [1.807, 2.05) is 24.3 Å². The highest BCUT2D eigenvalue weighted by Crippen LogP contribution is 2.27. The lowest BCUT2D eigenvalue weighted by molar-refractivity contribution is 0.135. The molecule has 4 nitrogen and oxygen atoms in total. The highest BCUT2D eigenvalue weighted by Gasteiger charge is 2.24. The lowest BCUT2D eigenvalue weighted by Crippen LogP contribution is -2.38. The lowest BCUT2D eigenvalue weighted by Gasteiger charge is -2.20. The van der Waals surface area contributed by atoms with Crippen molar-refractivity contribution in [2.75, 3.05) is 0 Å². The molecule has 3 rings (SSSR count). The van der Waals surface area contributed by atoms with Crippen LogP contribution in [0, 0.1) is 5.92 Å². The summed E-state index contributed by atoms with van der Waals surface area (Å²) < 4.78 is 0. The van der Waals surface area contributed by atoms with Crippen molar-refractivity contribution in [3.05, 3.63) is 30.5 Å². The summed E-state index contributed by atoms with van der Waals surface area (Å²) in [5, 5.41) is 19.2. The van der Waals surface area contributed by atoms with E-state index in [1.54, 1.807) is 13.1 Å². The number of H-pyrrole nitrogens is 1. The number of rotatable bonds is 2. The molecule has 0 saturated heterocycles. The second-order valence-electron chi connectivity index (χ2n) is 5.58. The minimum absolute atomic E-state index is 0.0162. The Balaban J connectivity index is 0.000000147. The number of hydrogen-bond acceptors (Lipinski definition) is 3. The average molecular weight is 276 g/mol. The number of aliphatic hydroxyl groups is 1. The molecule has 110 valence electrons. The van der Waals surface area contributed by atoms with Crippen LogP contribution in [0.1, 0.15) is 32.6 Å². The highest BCUT2D eigenvalue weighted by atomic mass is 16.3. The summed E-state index contributed by atoms with van der Waals surface area (Å²) in [6.07, 6.45) is 6.28. The molecule has 1 saturated carbocycles. The zero-order chi connectivity index (χ0) is 14.5. The van der Waals surface area contributed by atoms with E-state index in [4.69, 9.17) is 10.8 Å². The van der Waals surface area contributed by atoms with Crippen LogP contribution in [0.25, 0.3) is 10.9 Å². The van der Waals surface area contributed by atoms with Gasteiger partial charge in [0.1, 0.15) is 5.75 Å². The molecule has 1 aliphatic rings. The van der Waals surface area contributed by atoms with Gasteiger partial charge >= 0.3 is 0 Å². The van der Waals surface area contributed by atoms with Crippen molar-refractivity contribution < 1.29 is 10.2 Å². The number of aromatic nitrogens is 1. The summed E-state index contributed by atoms with van der Waals surface area (Å²) in [5.74, 6) is 0.899. The molecule has 20 heavy (non-hydrogen) atoms. The van der Waals surface area contributed by atoms with E-state index < -0.39 is 0 Å². The SMILES string of the molecule is CC(O)C(N)C1CCCC1.Oc1c[nH]c2ccccc12. The monoisotopic (exact) mass is 276 g/mol. The van der Waals surface area contributed by atoms with Crippen LogP contribution in [0.15, 0.2) is 30.5 Å². The quantitative estimate of drug-likeness (QED) is 0.680. The second kappa shape index (κ2) is 6.77. The van der Waals surface area contributed by atoms with Gasteiger partial charge in [-0.05, 0) is 37.8 Å². The first-order valence-corrected chi connectivity index (χ1v) is 7.28. The Morgan fingerprint density at radius 1 is 1.25 bits per heavy atom. The lowest BCUT2D eigenvalue weighted by atomic mass is 9.95. The third-order valence-electron chi connectivity index (χ3n) is 4.07. The van der Waals surface area contributed by atoms with Gasteiger partial charge in [0.2, 0.25) is 0 Å². The molecule has 1 heterocycles. The smallest absolute Gasteiger partial charge is 0.140 e. The van der Waals surface area contributed by atoms with Gasteiger partial charge in [-0.2, -0.15) is 0 Å². The molecule has 1 aliphatic carbocycles. The fourth-order valence-electron chi connectivity index (χ4n) is 2.79. The maximum absolute atomic E-state index is 9.18.